The number of likely N-dealkylation sites (N-methyl/N-ethyl adjacent to an activating group) is 4. The molecule has 26 heteroatoms. The van der Waals surface area contributed by atoms with Crippen molar-refractivity contribution in [1.29, 1.82) is 0 Å². The van der Waals surface area contributed by atoms with Gasteiger partial charge in [-0.25, -0.2) is 19.6 Å². The maximum Gasteiger partial charge on any atom is 0.329 e. The summed E-state index contributed by atoms with van der Waals surface area (Å²) in [4.78, 5) is 161. The number of rotatable bonds is 7. The first-order valence-electron chi connectivity index (χ1n) is 24.3. The Balaban J connectivity index is 1.43. The molecule has 0 spiro atoms. The molecule has 0 aliphatic carbocycles. The Kier molecular flexibility index (Phi) is 19.4. The number of para-hydroxylation sites is 2. The second-order valence-corrected chi connectivity index (χ2v) is 22.5. The molecule has 2 aliphatic rings. The lowest BCUT2D eigenvalue weighted by molar-refractivity contribution is -0.160. The third-order valence-electron chi connectivity index (χ3n) is 13.0. The van der Waals surface area contributed by atoms with Gasteiger partial charge in [-0.15, -0.1) is 34.9 Å². The van der Waals surface area contributed by atoms with E-state index in [2.05, 4.69) is 36.2 Å². The molecule has 3 aromatic heterocycles. The van der Waals surface area contributed by atoms with Crippen LogP contribution in [-0.4, -0.2) is 200 Å². The number of thiophene rings is 1. The molecule has 5 heterocycles. The minimum absolute atomic E-state index is 0.0548. The van der Waals surface area contributed by atoms with Gasteiger partial charge in [0.1, 0.15) is 72.9 Å². The van der Waals surface area contributed by atoms with Gasteiger partial charge in [-0.05, 0) is 67.7 Å². The lowest BCUT2D eigenvalue weighted by atomic mass is 10.0. The number of thioether (sulfide) groups is 2. The van der Waals surface area contributed by atoms with Gasteiger partial charge in [0.05, 0.1) is 32.0 Å². The highest BCUT2D eigenvalue weighted by Gasteiger charge is 2.45. The largest absolute Gasteiger partial charge is 0.461 e. The number of pyridine rings is 1. The van der Waals surface area contributed by atoms with E-state index in [1.807, 2.05) is 0 Å². The summed E-state index contributed by atoms with van der Waals surface area (Å²) in [7, 11) is 5.35. The van der Waals surface area contributed by atoms with Gasteiger partial charge in [0.25, 0.3) is 11.8 Å². The number of aromatic nitrogens is 3. The van der Waals surface area contributed by atoms with Gasteiger partial charge in [-0.3, -0.25) is 43.3 Å². The number of ether oxygens (including phenoxy) is 2. The molecule has 0 radical (unpaired) electrons. The fourth-order valence-electron chi connectivity index (χ4n) is 8.79. The molecule has 4 aromatic rings. The Morgan fingerprint density at radius 3 is 1.72 bits per heavy atom. The Labute approximate surface area is 451 Å². The molecule has 2 bridgehead atoms. The molecule has 76 heavy (non-hydrogen) atoms. The van der Waals surface area contributed by atoms with Crippen LogP contribution in [0.25, 0.3) is 21.3 Å². The second-order valence-electron chi connectivity index (χ2n) is 19.1. The number of benzene rings is 1. The topological polar surface area (TPSA) is 289 Å². The maximum absolute atomic E-state index is 15.2. The molecule has 8 amide bonds. The van der Waals surface area contributed by atoms with Gasteiger partial charge in [0, 0.05) is 33.9 Å². The predicted octanol–water partition coefficient (Wildman–Crippen LogP) is 1.30. The van der Waals surface area contributed by atoms with Crippen LogP contribution in [0, 0.1) is 11.8 Å². The van der Waals surface area contributed by atoms with E-state index < -0.39 is 137 Å². The summed E-state index contributed by atoms with van der Waals surface area (Å²) in [6.07, 6.45) is 2.87. The molecule has 2 fully saturated rings. The fraction of sp³-hybridized carbons (Fsp3) is 0.500. The first-order valence-corrected chi connectivity index (χ1v) is 27.5. The molecule has 1 aromatic carbocycles. The van der Waals surface area contributed by atoms with Crippen LogP contribution < -0.4 is 21.3 Å². The smallest absolute Gasteiger partial charge is 0.329 e. The average molecular weight is 1110 g/mol. The highest BCUT2D eigenvalue weighted by atomic mass is 32.2. The molecular formula is C50H63N11O12S3. The number of hydrogen-bond donors (Lipinski definition) is 4. The summed E-state index contributed by atoms with van der Waals surface area (Å²) < 4.78 is 11.3. The average Bonchev–Trinajstić information content (AvgIpc) is 3.87. The van der Waals surface area contributed by atoms with Gasteiger partial charge >= 0.3 is 11.9 Å². The fourth-order valence-corrected chi connectivity index (χ4v) is 12.1. The van der Waals surface area contributed by atoms with E-state index >= 15 is 9.59 Å². The van der Waals surface area contributed by atoms with E-state index in [1.54, 1.807) is 75.7 Å². The van der Waals surface area contributed by atoms with Crippen LogP contribution in [0.2, 0.25) is 0 Å². The molecule has 6 rings (SSSR count). The van der Waals surface area contributed by atoms with Crippen molar-refractivity contribution in [2.45, 2.75) is 94.5 Å². The van der Waals surface area contributed by atoms with Crippen LogP contribution in [-0.2, 0) is 47.8 Å². The van der Waals surface area contributed by atoms with E-state index in [1.165, 1.54) is 65.6 Å². The summed E-state index contributed by atoms with van der Waals surface area (Å²) in [5.41, 5.74) is 1.17. The summed E-state index contributed by atoms with van der Waals surface area (Å²) in [6, 6.07) is 0.00651. The van der Waals surface area contributed by atoms with Gasteiger partial charge < -0.3 is 50.3 Å². The van der Waals surface area contributed by atoms with Crippen LogP contribution in [0.5, 0.6) is 0 Å². The minimum Gasteiger partial charge on any atom is -0.461 e. The van der Waals surface area contributed by atoms with Crippen molar-refractivity contribution in [1.82, 2.24) is 55.8 Å². The van der Waals surface area contributed by atoms with Crippen molar-refractivity contribution in [3.63, 3.8) is 0 Å². The van der Waals surface area contributed by atoms with Crippen LogP contribution in [0.15, 0.2) is 54.0 Å². The number of carbonyl (C=O) groups is 10. The number of esters is 2. The Hall–Kier alpha value is -6.93. The Bertz CT molecular complexity index is 2890. The zero-order chi connectivity index (χ0) is 55.9. The number of nitrogens with zero attached hydrogens (tertiary/aromatic N) is 7. The van der Waals surface area contributed by atoms with Gasteiger partial charge in [-0.2, -0.15) is 0 Å². The van der Waals surface area contributed by atoms with Gasteiger partial charge in [-0.1, -0.05) is 39.8 Å². The van der Waals surface area contributed by atoms with Crippen molar-refractivity contribution in [3.8, 4) is 0 Å². The molecule has 9 unspecified atom stereocenters. The minimum atomic E-state index is -1.65. The normalized spacial score (nSPS) is 25.6. The Morgan fingerprint density at radius 1 is 0.658 bits per heavy atom. The SMILES string of the molecule is CSC1SCC2C(=O)N(C)C(C(C)C)C(=O)OCC(NC(=O)c3ccc4sccc4n3)C(=O)NC(C)C(=O)N(C)C1C(=O)N(C)C(C(C)C)C(=O)OCC(NC(=O)c1cnc3ccccc3n1)C(=O)NC(C)C(=O)N2C. The van der Waals surface area contributed by atoms with E-state index in [0.29, 0.717) is 16.6 Å². The summed E-state index contributed by atoms with van der Waals surface area (Å²) in [6.45, 7) is 7.77. The van der Waals surface area contributed by atoms with Gasteiger partial charge in [0.15, 0.2) is 0 Å². The number of nitrogens with one attached hydrogen (secondary N) is 4. The van der Waals surface area contributed by atoms with E-state index in [9.17, 15) is 38.4 Å². The molecule has 2 saturated heterocycles. The Morgan fingerprint density at radius 2 is 1.17 bits per heavy atom. The lowest BCUT2D eigenvalue weighted by Crippen LogP contribution is -2.60. The number of hydrogen-bond acceptors (Lipinski definition) is 18. The zero-order valence-electron chi connectivity index (χ0n) is 43.9. The summed E-state index contributed by atoms with van der Waals surface area (Å²) >= 11 is 3.58. The van der Waals surface area contributed by atoms with Crippen molar-refractivity contribution < 1.29 is 57.4 Å². The summed E-state index contributed by atoms with van der Waals surface area (Å²) in [5.74, 6) is -10.2. The highest BCUT2D eigenvalue weighted by molar-refractivity contribution is 8.16. The van der Waals surface area contributed by atoms with E-state index in [-0.39, 0.29) is 17.1 Å². The lowest BCUT2D eigenvalue weighted by Gasteiger charge is -2.40. The molecular weight excluding hydrogens is 1040 g/mol. The van der Waals surface area contributed by atoms with Crippen LogP contribution in [0.4, 0.5) is 0 Å². The number of fused-ring (bicyclic) bond motifs is 6. The molecule has 9 atom stereocenters. The van der Waals surface area contributed by atoms with Crippen molar-refractivity contribution in [2.24, 2.45) is 11.8 Å². The molecule has 0 saturated carbocycles. The third kappa shape index (κ3) is 13.2. The predicted molar refractivity (Wildman–Crippen MR) is 284 cm³/mol. The third-order valence-corrected chi connectivity index (χ3v) is 16.7. The summed E-state index contributed by atoms with van der Waals surface area (Å²) in [5, 5.41) is 12.1. The van der Waals surface area contributed by atoms with Crippen molar-refractivity contribution >= 4 is 115 Å². The maximum atomic E-state index is 15.2. The van der Waals surface area contributed by atoms with Gasteiger partial charge in [0.2, 0.25) is 35.4 Å². The van der Waals surface area contributed by atoms with E-state index in [0.717, 1.165) is 47.8 Å². The van der Waals surface area contributed by atoms with Crippen molar-refractivity contribution in [2.75, 3.05) is 53.4 Å². The number of cyclic esters (lactones) is 2. The number of amides is 8. The van der Waals surface area contributed by atoms with Crippen LogP contribution in [0.1, 0.15) is 62.5 Å². The first-order chi connectivity index (χ1) is 35.9. The van der Waals surface area contributed by atoms with Crippen LogP contribution >= 0.6 is 34.9 Å². The first kappa shape index (κ1) is 58.3. The quantitative estimate of drug-likeness (QED) is 0.190. The molecule has 23 nitrogen and oxygen atoms in total. The molecule has 408 valence electrons. The van der Waals surface area contributed by atoms with Crippen molar-refractivity contribution in [3.05, 3.63) is 65.4 Å². The molecule has 4 N–H and O–H groups in total. The molecule has 2 aliphatic heterocycles. The van der Waals surface area contributed by atoms with Crippen LogP contribution in [0.3, 0.4) is 0 Å². The monoisotopic (exact) mass is 1110 g/mol. The highest BCUT2D eigenvalue weighted by Crippen LogP contribution is 2.32. The number of carbonyl (C=O) groups excluding carboxylic acids is 10. The second kappa shape index (κ2) is 25.3. The zero-order valence-corrected chi connectivity index (χ0v) is 46.4. The van der Waals surface area contributed by atoms with E-state index in [4.69, 9.17) is 9.47 Å². The standard InChI is InChI=1S/C50H63N11O12S3/c1-24(2)37-48(70)72-21-33(56-40(62)31-16-17-36-30(55-31)18-19-75-36)42(64)53-27(6)45(67)61(10)39-47(69)60(9)38(25(3)4)49(71)73-22-34(57-41(63)32-20-51-28-14-12-13-15-29(28)54-32)43(65)52-26(5)44(66)58(7)35(46(68)59(37)8)23-76-50(39)74-11/h12-20,24-27,33-35,37-39,50H,21-23H2,1-11H3,(H,52,65)(H,53,64)(H,56,62)(H,57,63).